The van der Waals surface area contributed by atoms with Crippen LogP contribution in [0, 0.1) is 5.82 Å². The Kier molecular flexibility index (Phi) is 8.31. The normalized spacial score (nSPS) is 14.5. The predicted molar refractivity (Wildman–Crippen MR) is 120 cm³/mol. The van der Waals surface area contributed by atoms with E-state index in [-0.39, 0.29) is 30.5 Å². The molecular weight excluding hydrogens is 453 g/mol. The molecule has 2 amide bonds. The minimum absolute atomic E-state index is 0.0594. The van der Waals surface area contributed by atoms with Crippen molar-refractivity contribution in [3.05, 3.63) is 58.8 Å². The van der Waals surface area contributed by atoms with E-state index >= 15 is 0 Å². The van der Waals surface area contributed by atoms with E-state index < -0.39 is 17.1 Å². The number of imide groups is 1. The van der Waals surface area contributed by atoms with Crippen molar-refractivity contribution in [2.45, 2.75) is 6.92 Å². The smallest absolute Gasteiger partial charge is 0.343 e. The monoisotopic (exact) mass is 475 g/mol. The Labute approximate surface area is 194 Å². The highest BCUT2D eigenvalue weighted by Gasteiger charge is 2.34. The minimum atomic E-state index is -0.529. The number of methoxy groups -OCH3 is 1. The largest absolute Gasteiger partial charge is 0.492 e. The first-order valence-corrected chi connectivity index (χ1v) is 10.8. The number of ether oxygens (including phenoxy) is 4. The number of amides is 2. The minimum Gasteiger partial charge on any atom is -0.492 e. The molecule has 0 radical (unpaired) electrons. The van der Waals surface area contributed by atoms with Crippen LogP contribution in [0.5, 0.6) is 17.2 Å². The summed E-state index contributed by atoms with van der Waals surface area (Å²) in [6, 6.07) is 10.4. The van der Waals surface area contributed by atoms with E-state index in [4.69, 9.17) is 14.2 Å². The van der Waals surface area contributed by atoms with Crippen molar-refractivity contribution in [3.63, 3.8) is 0 Å². The third kappa shape index (κ3) is 6.48. The molecule has 2 aromatic carbocycles. The lowest BCUT2D eigenvalue weighted by Crippen LogP contribution is -2.32. The van der Waals surface area contributed by atoms with Gasteiger partial charge in [-0.25, -0.2) is 9.18 Å². The highest BCUT2D eigenvalue weighted by atomic mass is 32.2. The zero-order chi connectivity index (χ0) is 23.8. The maximum absolute atomic E-state index is 13.0. The average Bonchev–Trinajstić information content (AvgIpc) is 3.07. The van der Waals surface area contributed by atoms with Crippen LogP contribution in [-0.2, 0) is 14.3 Å². The third-order valence-electron chi connectivity index (χ3n) is 4.41. The number of hydrogen-bond donors (Lipinski definition) is 0. The van der Waals surface area contributed by atoms with E-state index in [2.05, 4.69) is 4.74 Å². The number of thioether (sulfide) groups is 1. The first-order chi connectivity index (χ1) is 15.9. The summed E-state index contributed by atoms with van der Waals surface area (Å²) in [4.78, 5) is 37.7. The van der Waals surface area contributed by atoms with E-state index in [9.17, 15) is 18.8 Å². The molecule has 2 aromatic rings. The molecule has 1 saturated heterocycles. The van der Waals surface area contributed by atoms with E-state index in [1.165, 1.54) is 31.4 Å². The summed E-state index contributed by atoms with van der Waals surface area (Å²) in [5, 5.41) is -0.406. The molecular formula is C23H22FNO7S. The van der Waals surface area contributed by atoms with Gasteiger partial charge in [0.05, 0.1) is 25.2 Å². The highest BCUT2D eigenvalue weighted by molar-refractivity contribution is 8.18. The van der Waals surface area contributed by atoms with Gasteiger partial charge in [-0.05, 0) is 66.7 Å². The molecule has 0 unspecified atom stereocenters. The van der Waals surface area contributed by atoms with Crippen LogP contribution in [0.15, 0.2) is 47.4 Å². The Balaban J connectivity index is 1.66. The maximum atomic E-state index is 13.0. The zero-order valence-corrected chi connectivity index (χ0v) is 18.9. The molecule has 174 valence electrons. The first kappa shape index (κ1) is 24.1. The molecule has 0 aliphatic carbocycles. The van der Waals surface area contributed by atoms with E-state index in [0.29, 0.717) is 29.4 Å². The second kappa shape index (κ2) is 11.4. The van der Waals surface area contributed by atoms with Gasteiger partial charge in [0.15, 0.2) is 18.1 Å². The van der Waals surface area contributed by atoms with Gasteiger partial charge in [-0.2, -0.15) is 0 Å². The van der Waals surface area contributed by atoms with Crippen molar-refractivity contribution in [1.82, 2.24) is 4.90 Å². The van der Waals surface area contributed by atoms with Gasteiger partial charge in [0.25, 0.3) is 11.1 Å². The molecule has 33 heavy (non-hydrogen) atoms. The Bertz CT molecular complexity index is 1060. The quantitative estimate of drug-likeness (QED) is 0.378. The van der Waals surface area contributed by atoms with Crippen LogP contribution in [-0.4, -0.2) is 55.5 Å². The van der Waals surface area contributed by atoms with Crippen molar-refractivity contribution in [2.24, 2.45) is 0 Å². The molecule has 0 spiro atoms. The fourth-order valence-electron chi connectivity index (χ4n) is 2.83. The lowest BCUT2D eigenvalue weighted by molar-refractivity contribution is -0.142. The van der Waals surface area contributed by atoms with Crippen LogP contribution in [0.4, 0.5) is 9.18 Å². The Morgan fingerprint density at radius 3 is 2.52 bits per heavy atom. The zero-order valence-electron chi connectivity index (χ0n) is 18.0. The number of rotatable bonds is 10. The van der Waals surface area contributed by atoms with Crippen molar-refractivity contribution in [1.29, 1.82) is 0 Å². The number of hydrogen-bond acceptors (Lipinski definition) is 8. The molecule has 0 saturated carbocycles. The summed E-state index contributed by atoms with van der Waals surface area (Å²) in [5.74, 6) is -0.159. The Hall–Kier alpha value is -3.53. The molecule has 1 aliphatic rings. The second-order valence-electron chi connectivity index (χ2n) is 6.64. The summed E-state index contributed by atoms with van der Waals surface area (Å²) in [6.45, 7) is 2.04. The predicted octanol–water partition coefficient (Wildman–Crippen LogP) is 3.89. The third-order valence-corrected chi connectivity index (χ3v) is 5.32. The molecule has 10 heteroatoms. The van der Waals surface area contributed by atoms with Gasteiger partial charge in [-0.15, -0.1) is 0 Å². The maximum Gasteiger partial charge on any atom is 0.343 e. The summed E-state index contributed by atoms with van der Waals surface area (Å²) in [7, 11) is 1.26. The summed E-state index contributed by atoms with van der Waals surface area (Å²) < 4.78 is 34.0. The molecule has 0 N–H and O–H groups in total. The Morgan fingerprint density at radius 1 is 1.06 bits per heavy atom. The molecule has 0 aromatic heterocycles. The van der Waals surface area contributed by atoms with Crippen molar-refractivity contribution in [2.75, 3.05) is 33.5 Å². The van der Waals surface area contributed by atoms with Gasteiger partial charge < -0.3 is 18.9 Å². The average molecular weight is 475 g/mol. The second-order valence-corrected chi connectivity index (χ2v) is 7.63. The van der Waals surface area contributed by atoms with Crippen LogP contribution in [0.2, 0.25) is 0 Å². The number of nitrogens with zero attached hydrogens (tertiary/aromatic N) is 1. The van der Waals surface area contributed by atoms with Gasteiger partial charge in [0.1, 0.15) is 18.2 Å². The first-order valence-electron chi connectivity index (χ1n) is 10.0. The molecule has 1 fully saturated rings. The van der Waals surface area contributed by atoms with Crippen LogP contribution >= 0.6 is 11.8 Å². The number of carbonyl (C=O) groups excluding carboxylic acids is 3. The van der Waals surface area contributed by atoms with Crippen LogP contribution in [0.3, 0.4) is 0 Å². The van der Waals surface area contributed by atoms with Crippen molar-refractivity contribution < 1.29 is 37.7 Å². The summed E-state index contributed by atoms with van der Waals surface area (Å²) >= 11 is 0.826. The number of benzene rings is 2. The number of halogens is 1. The number of carbonyl (C=O) groups is 3. The lowest BCUT2D eigenvalue weighted by atomic mass is 10.2. The molecule has 3 rings (SSSR count). The van der Waals surface area contributed by atoms with Crippen LogP contribution < -0.4 is 14.2 Å². The van der Waals surface area contributed by atoms with Gasteiger partial charge in [-0.1, -0.05) is 6.07 Å². The van der Waals surface area contributed by atoms with Gasteiger partial charge >= 0.3 is 5.97 Å². The van der Waals surface area contributed by atoms with Crippen molar-refractivity contribution in [3.8, 4) is 17.2 Å². The summed E-state index contributed by atoms with van der Waals surface area (Å²) in [6.07, 6.45) is 1.58. The fourth-order valence-corrected chi connectivity index (χ4v) is 3.69. The van der Waals surface area contributed by atoms with E-state index in [1.807, 2.05) is 0 Å². The van der Waals surface area contributed by atoms with Gasteiger partial charge in [0.2, 0.25) is 0 Å². The lowest BCUT2D eigenvalue weighted by Gasteiger charge is -2.13. The molecule has 0 bridgehead atoms. The van der Waals surface area contributed by atoms with Crippen LogP contribution in [0.1, 0.15) is 12.5 Å². The Morgan fingerprint density at radius 2 is 1.82 bits per heavy atom. The van der Waals surface area contributed by atoms with Gasteiger partial charge in [0, 0.05) is 0 Å². The fraction of sp³-hybridized carbons (Fsp3) is 0.261. The topological polar surface area (TPSA) is 91.4 Å². The van der Waals surface area contributed by atoms with E-state index in [0.717, 1.165) is 16.7 Å². The SMILES string of the molecule is CCOc1cc(/C=C2\SC(=O)N(CCOc3ccc(F)cc3)C2=O)ccc1OCC(=O)OC. The standard InChI is InChI=1S/C23H22FNO7S/c1-3-30-19-12-15(4-9-18(19)32-14-21(26)29-2)13-20-22(27)25(23(28)33-20)10-11-31-17-7-5-16(24)6-8-17/h4-9,12-13H,3,10-11,14H2,1-2H3/b20-13-. The summed E-state index contributed by atoms with van der Waals surface area (Å²) in [5.41, 5.74) is 0.622. The van der Waals surface area contributed by atoms with Crippen LogP contribution in [0.25, 0.3) is 6.08 Å². The molecule has 1 heterocycles. The van der Waals surface area contributed by atoms with Gasteiger partial charge in [-0.3, -0.25) is 14.5 Å². The number of esters is 1. The van der Waals surface area contributed by atoms with Crippen molar-refractivity contribution >= 4 is 35.0 Å². The molecule has 1 aliphatic heterocycles. The molecule has 8 nitrogen and oxygen atoms in total. The van der Waals surface area contributed by atoms with E-state index in [1.54, 1.807) is 31.2 Å². The highest BCUT2D eigenvalue weighted by Crippen LogP contribution is 2.34. The molecule has 0 atom stereocenters.